The van der Waals surface area contributed by atoms with E-state index in [9.17, 15) is 9.18 Å². The maximum Gasteiger partial charge on any atom is 0.239 e. The van der Waals surface area contributed by atoms with Crippen molar-refractivity contribution in [3.63, 3.8) is 0 Å². The normalized spacial score (nSPS) is 48.5. The molecule has 5 aliphatic rings. The van der Waals surface area contributed by atoms with Gasteiger partial charge < -0.3 is 15.0 Å². The predicted molar refractivity (Wildman–Crippen MR) is 104 cm³/mol. The molecular weight excluding hydrogens is 359 g/mol. The number of alkyl halides is 1. The molecule has 1 saturated carbocycles. The van der Waals surface area contributed by atoms with E-state index in [1.807, 2.05) is 0 Å². The second kappa shape index (κ2) is 7.82. The van der Waals surface area contributed by atoms with E-state index in [0.717, 1.165) is 51.8 Å². The summed E-state index contributed by atoms with van der Waals surface area (Å²) in [7, 11) is 0. The number of nitrogens with zero attached hydrogens (tertiary/aromatic N) is 1. The van der Waals surface area contributed by atoms with Crippen molar-refractivity contribution in [3.8, 4) is 0 Å². The molecular formula is C21H35FN4O2. The summed E-state index contributed by atoms with van der Waals surface area (Å²) in [5.74, 6) is 1.51. The number of ether oxygens (including phenoxy) is 1. The molecule has 7 heteroatoms. The maximum absolute atomic E-state index is 14.1. The fourth-order valence-corrected chi connectivity index (χ4v) is 6.68. The SMILES string of the molecule is CCC1CC(F)CC2NC(C(=O)N3CCC4NNC(C5CCCO5)C4C3)CC12. The second-order valence-corrected chi connectivity index (χ2v) is 9.67. The number of nitrogens with one attached hydrogen (secondary N) is 3. The first-order chi connectivity index (χ1) is 13.6. The van der Waals surface area contributed by atoms with Crippen molar-refractivity contribution < 1.29 is 13.9 Å². The van der Waals surface area contributed by atoms with Gasteiger partial charge in [-0.15, -0.1) is 0 Å². The molecule has 4 saturated heterocycles. The molecule has 0 aromatic carbocycles. The number of likely N-dealkylation sites (tertiary alicyclic amines) is 1. The highest BCUT2D eigenvalue weighted by Gasteiger charge is 2.49. The van der Waals surface area contributed by atoms with Crippen LogP contribution in [0.5, 0.6) is 0 Å². The third-order valence-electron chi connectivity index (χ3n) is 8.17. The van der Waals surface area contributed by atoms with Crippen LogP contribution < -0.4 is 16.2 Å². The van der Waals surface area contributed by atoms with Crippen LogP contribution in [0, 0.1) is 17.8 Å². The fraction of sp³-hybridized carbons (Fsp3) is 0.952. The van der Waals surface area contributed by atoms with Crippen molar-refractivity contribution in [2.24, 2.45) is 17.8 Å². The van der Waals surface area contributed by atoms with E-state index in [0.29, 0.717) is 42.7 Å². The van der Waals surface area contributed by atoms with Gasteiger partial charge in [0.1, 0.15) is 6.17 Å². The average molecular weight is 395 g/mol. The van der Waals surface area contributed by atoms with E-state index in [1.54, 1.807) is 0 Å². The summed E-state index contributed by atoms with van der Waals surface area (Å²) in [4.78, 5) is 15.4. The van der Waals surface area contributed by atoms with Crippen molar-refractivity contribution in [3.05, 3.63) is 0 Å². The Balaban J connectivity index is 1.23. The zero-order chi connectivity index (χ0) is 19.3. The van der Waals surface area contributed by atoms with Gasteiger partial charge in [0.2, 0.25) is 5.91 Å². The molecule has 5 rings (SSSR count). The number of hydrogen-bond donors (Lipinski definition) is 3. The van der Waals surface area contributed by atoms with Gasteiger partial charge in [0, 0.05) is 37.7 Å². The quantitative estimate of drug-likeness (QED) is 0.675. The Bertz CT molecular complexity index is 587. The van der Waals surface area contributed by atoms with E-state index in [-0.39, 0.29) is 24.1 Å². The summed E-state index contributed by atoms with van der Waals surface area (Å²) in [5, 5.41) is 3.52. The first-order valence-corrected chi connectivity index (χ1v) is 11.5. The lowest BCUT2D eigenvalue weighted by molar-refractivity contribution is -0.135. The van der Waals surface area contributed by atoms with Gasteiger partial charge in [-0.05, 0) is 50.4 Å². The largest absolute Gasteiger partial charge is 0.377 e. The smallest absolute Gasteiger partial charge is 0.239 e. The lowest BCUT2D eigenvalue weighted by atomic mass is 9.74. The maximum atomic E-state index is 14.1. The van der Waals surface area contributed by atoms with Crippen LogP contribution >= 0.6 is 0 Å². The molecule has 4 aliphatic heterocycles. The summed E-state index contributed by atoms with van der Waals surface area (Å²) < 4.78 is 20.0. The lowest BCUT2D eigenvalue weighted by Crippen LogP contribution is -2.54. The van der Waals surface area contributed by atoms with E-state index in [4.69, 9.17) is 4.74 Å². The molecule has 4 heterocycles. The molecule has 9 unspecified atom stereocenters. The molecule has 28 heavy (non-hydrogen) atoms. The minimum Gasteiger partial charge on any atom is -0.377 e. The molecule has 0 aromatic rings. The molecule has 1 aliphatic carbocycles. The molecule has 158 valence electrons. The molecule has 1 amide bonds. The third-order valence-corrected chi connectivity index (χ3v) is 8.17. The molecule has 0 spiro atoms. The van der Waals surface area contributed by atoms with Gasteiger partial charge >= 0.3 is 0 Å². The molecule has 6 nitrogen and oxygen atoms in total. The summed E-state index contributed by atoms with van der Waals surface area (Å²) in [6.07, 6.45) is 5.90. The van der Waals surface area contributed by atoms with Crippen LogP contribution in [0.2, 0.25) is 0 Å². The van der Waals surface area contributed by atoms with Crippen LogP contribution in [0.1, 0.15) is 51.9 Å². The summed E-state index contributed by atoms with van der Waals surface area (Å²) in [6.45, 7) is 4.62. The first-order valence-electron chi connectivity index (χ1n) is 11.5. The Morgan fingerprint density at radius 3 is 2.82 bits per heavy atom. The topological polar surface area (TPSA) is 65.6 Å². The van der Waals surface area contributed by atoms with Crippen molar-refractivity contribution in [1.82, 2.24) is 21.1 Å². The van der Waals surface area contributed by atoms with E-state index < -0.39 is 6.17 Å². The van der Waals surface area contributed by atoms with Gasteiger partial charge in [-0.2, -0.15) is 0 Å². The van der Waals surface area contributed by atoms with Crippen molar-refractivity contribution in [2.75, 3.05) is 19.7 Å². The molecule has 5 fully saturated rings. The van der Waals surface area contributed by atoms with Crippen molar-refractivity contribution in [1.29, 1.82) is 0 Å². The van der Waals surface area contributed by atoms with Gasteiger partial charge in [-0.3, -0.25) is 15.6 Å². The van der Waals surface area contributed by atoms with Gasteiger partial charge in [0.15, 0.2) is 0 Å². The fourth-order valence-electron chi connectivity index (χ4n) is 6.68. The third kappa shape index (κ3) is 3.38. The minimum atomic E-state index is -0.717. The average Bonchev–Trinajstić information content (AvgIpc) is 3.44. The van der Waals surface area contributed by atoms with Crippen LogP contribution in [0.15, 0.2) is 0 Å². The zero-order valence-electron chi connectivity index (χ0n) is 16.9. The Hall–Kier alpha value is -0.760. The standard InChI is InChI=1S/C21H35FN4O2/c1-2-12-8-13(22)9-17-14(12)10-18(23-17)21(27)26-6-5-16-15(11-26)20(25-24-16)19-4-3-7-28-19/h12-20,23-25H,2-11H2,1H3. The summed E-state index contributed by atoms with van der Waals surface area (Å²) in [5.41, 5.74) is 6.91. The lowest BCUT2D eigenvalue weighted by Gasteiger charge is -2.38. The number of carbonyl (C=O) groups excluding carboxylic acids is 1. The number of rotatable bonds is 3. The minimum absolute atomic E-state index is 0.130. The van der Waals surface area contributed by atoms with Crippen LogP contribution in [-0.2, 0) is 9.53 Å². The van der Waals surface area contributed by atoms with Crippen LogP contribution in [0.25, 0.3) is 0 Å². The van der Waals surface area contributed by atoms with Crippen LogP contribution in [0.4, 0.5) is 4.39 Å². The molecule has 0 radical (unpaired) electrons. The number of carbonyl (C=O) groups is 1. The Labute approximate surface area is 167 Å². The zero-order valence-corrected chi connectivity index (χ0v) is 16.9. The van der Waals surface area contributed by atoms with E-state index >= 15 is 0 Å². The van der Waals surface area contributed by atoms with Gasteiger partial charge in [0.25, 0.3) is 0 Å². The second-order valence-electron chi connectivity index (χ2n) is 9.67. The first kappa shape index (κ1) is 19.2. The van der Waals surface area contributed by atoms with Crippen molar-refractivity contribution >= 4 is 5.91 Å². The highest BCUT2D eigenvalue weighted by Crippen LogP contribution is 2.41. The van der Waals surface area contributed by atoms with Crippen molar-refractivity contribution in [2.45, 2.75) is 88.3 Å². The molecule has 0 aromatic heterocycles. The number of amides is 1. The Morgan fingerprint density at radius 1 is 1.14 bits per heavy atom. The highest BCUT2D eigenvalue weighted by molar-refractivity contribution is 5.82. The van der Waals surface area contributed by atoms with Gasteiger partial charge in [0.05, 0.1) is 18.2 Å². The Kier molecular flexibility index (Phi) is 5.37. The molecule has 0 bridgehead atoms. The molecule has 9 atom stereocenters. The number of piperidine rings is 1. The monoisotopic (exact) mass is 394 g/mol. The number of fused-ring (bicyclic) bond motifs is 2. The highest BCUT2D eigenvalue weighted by atomic mass is 19.1. The number of hydrogen-bond acceptors (Lipinski definition) is 5. The van der Waals surface area contributed by atoms with E-state index in [1.165, 1.54) is 0 Å². The van der Waals surface area contributed by atoms with Gasteiger partial charge in [-0.1, -0.05) is 13.3 Å². The predicted octanol–water partition coefficient (Wildman–Crippen LogP) is 1.36. The number of halogens is 1. The van der Waals surface area contributed by atoms with E-state index in [2.05, 4.69) is 28.0 Å². The molecule has 3 N–H and O–H groups in total. The Morgan fingerprint density at radius 2 is 2.04 bits per heavy atom. The van der Waals surface area contributed by atoms with Gasteiger partial charge in [-0.25, -0.2) is 4.39 Å². The summed E-state index contributed by atoms with van der Waals surface area (Å²) in [6, 6.07) is 0.761. The van der Waals surface area contributed by atoms with Crippen LogP contribution in [-0.4, -0.2) is 66.9 Å². The van der Waals surface area contributed by atoms with Crippen LogP contribution in [0.3, 0.4) is 0 Å². The summed E-state index contributed by atoms with van der Waals surface area (Å²) >= 11 is 0. The number of hydrazine groups is 1.